The van der Waals surface area contributed by atoms with Crippen LogP contribution in [0.15, 0.2) is 0 Å². The van der Waals surface area contributed by atoms with Crippen LogP contribution in [0.2, 0.25) is 13.3 Å². The van der Waals surface area contributed by atoms with Gasteiger partial charge in [-0.05, 0) is 0 Å². The number of carbonyl (C=O) groups is 1. The average Bonchev–Trinajstić information content (AvgIpc) is 2.52. The Kier molecular flexibility index (Phi) is 12.5. The number of amides is 1. The Morgan fingerprint density at radius 1 is 0.955 bits per heavy atom. The molecule has 0 rings (SSSR count). The van der Waals surface area contributed by atoms with E-state index in [4.69, 9.17) is 4.74 Å². The third kappa shape index (κ3) is 7.56. The summed E-state index contributed by atoms with van der Waals surface area (Å²) in [6, 6.07) is 0. The van der Waals surface area contributed by atoms with Gasteiger partial charge in [-0.15, -0.1) is 0 Å². The van der Waals surface area contributed by atoms with Crippen LogP contribution < -0.4 is 5.32 Å². The Hall–Kier alpha value is 0.0687. The van der Waals surface area contributed by atoms with Crippen molar-refractivity contribution in [3.05, 3.63) is 0 Å². The van der Waals surface area contributed by atoms with E-state index in [9.17, 15) is 4.79 Å². The first-order valence-electron chi connectivity index (χ1n) is 9.31. The first-order chi connectivity index (χ1) is 10.5. The van der Waals surface area contributed by atoms with Crippen LogP contribution in [0.1, 0.15) is 73.1 Å². The van der Waals surface area contributed by atoms with Gasteiger partial charge in [-0.3, -0.25) is 0 Å². The van der Waals surface area contributed by atoms with Crippen LogP contribution in [0.4, 0.5) is 4.79 Å². The number of ether oxygens (including phenoxy) is 1. The summed E-state index contributed by atoms with van der Waals surface area (Å²) in [5.41, 5.74) is 0. The fourth-order valence-corrected chi connectivity index (χ4v) is 22.7. The van der Waals surface area contributed by atoms with E-state index in [0.717, 1.165) is 0 Å². The van der Waals surface area contributed by atoms with Crippen LogP contribution in [0, 0.1) is 5.92 Å². The minimum atomic E-state index is -2.44. The van der Waals surface area contributed by atoms with Gasteiger partial charge in [-0.25, -0.2) is 0 Å². The quantitative estimate of drug-likeness (QED) is 0.408. The molecule has 0 aromatic rings. The molecule has 22 heavy (non-hydrogen) atoms. The minimum absolute atomic E-state index is 0.232. The molecule has 0 aromatic carbocycles. The Bertz CT molecular complexity index is 273. The van der Waals surface area contributed by atoms with Crippen molar-refractivity contribution in [2.45, 2.75) is 90.5 Å². The molecule has 0 heterocycles. The van der Waals surface area contributed by atoms with Crippen molar-refractivity contribution >= 4 is 24.5 Å². The molecule has 0 bridgehead atoms. The standard InChI is InChI=1S/C6H12NO2.3C4H9.Sn/c1-5(2)4-7-6(8)9-3;3*1-3-4-2;/h4-5H,1-3H3,(H,7,8);3*1,3-4H2,2H3;. The molecule has 0 aliphatic carbocycles. The summed E-state index contributed by atoms with van der Waals surface area (Å²) in [4.78, 5) is 11.9. The third-order valence-corrected chi connectivity index (χ3v) is 22.5. The molecule has 4 heteroatoms. The van der Waals surface area contributed by atoms with Crippen molar-refractivity contribution in [1.82, 2.24) is 5.32 Å². The van der Waals surface area contributed by atoms with E-state index in [1.807, 2.05) is 0 Å². The molecule has 1 amide bonds. The number of carbonyl (C=O) groups excluding carboxylic acids is 1. The molecule has 0 radical (unpaired) electrons. The number of methoxy groups -OCH3 is 1. The third-order valence-electron chi connectivity index (χ3n) is 4.87. The zero-order chi connectivity index (χ0) is 17.0. The number of alkyl carbamates (subject to hydrolysis) is 1. The maximum absolute atomic E-state index is 11.9. The molecule has 1 N–H and O–H groups in total. The predicted molar refractivity (Wildman–Crippen MR) is 99.1 cm³/mol. The number of rotatable bonds is 12. The van der Waals surface area contributed by atoms with Gasteiger partial charge in [0, 0.05) is 0 Å². The Labute approximate surface area is 142 Å². The van der Waals surface area contributed by atoms with Gasteiger partial charge >= 0.3 is 143 Å². The normalized spacial score (nSPS) is 13.2. The van der Waals surface area contributed by atoms with Gasteiger partial charge in [-0.1, -0.05) is 0 Å². The Balaban J connectivity index is 5.39. The van der Waals surface area contributed by atoms with E-state index in [1.165, 1.54) is 58.9 Å². The first kappa shape index (κ1) is 22.1. The van der Waals surface area contributed by atoms with Crippen molar-refractivity contribution in [2.75, 3.05) is 7.11 Å². The predicted octanol–water partition coefficient (Wildman–Crippen LogP) is 5.76. The van der Waals surface area contributed by atoms with E-state index in [1.54, 1.807) is 0 Å². The molecular weight excluding hydrogens is 381 g/mol. The summed E-state index contributed by atoms with van der Waals surface area (Å²) in [5.74, 6) is 0.514. The zero-order valence-corrected chi connectivity index (χ0v) is 18.7. The Morgan fingerprint density at radius 3 is 1.64 bits per heavy atom. The van der Waals surface area contributed by atoms with Crippen molar-refractivity contribution < 1.29 is 9.53 Å². The van der Waals surface area contributed by atoms with Gasteiger partial charge in [-0.2, -0.15) is 0 Å². The van der Waals surface area contributed by atoms with Crippen LogP contribution in [-0.2, 0) is 4.74 Å². The second kappa shape index (κ2) is 12.5. The van der Waals surface area contributed by atoms with E-state index in [0.29, 0.717) is 9.98 Å². The molecule has 0 aliphatic rings. The van der Waals surface area contributed by atoms with Crippen LogP contribution in [0.3, 0.4) is 0 Å². The first-order valence-corrected chi connectivity index (χ1v) is 17.0. The van der Waals surface area contributed by atoms with Gasteiger partial charge in [0.1, 0.15) is 0 Å². The molecule has 0 aromatic heterocycles. The molecule has 3 nitrogen and oxygen atoms in total. The molecule has 0 aliphatic heterocycles. The second-order valence-electron chi connectivity index (χ2n) is 7.03. The van der Waals surface area contributed by atoms with Gasteiger partial charge in [0.05, 0.1) is 0 Å². The fraction of sp³-hybridized carbons (Fsp3) is 0.944. The van der Waals surface area contributed by atoms with E-state index in [-0.39, 0.29) is 6.09 Å². The SMILES string of the molecule is CCC[CH2][Sn]([CH2]CCC)([CH2]CCC)[CH](NC(=O)OC)C(C)C. The number of hydrogen-bond acceptors (Lipinski definition) is 2. The molecule has 1 unspecified atom stereocenters. The summed E-state index contributed by atoms with van der Waals surface area (Å²) in [6.45, 7) is 11.4. The van der Waals surface area contributed by atoms with E-state index < -0.39 is 18.4 Å². The number of nitrogens with one attached hydrogen (secondary N) is 1. The number of hydrogen-bond donors (Lipinski definition) is 1. The maximum atomic E-state index is 11.9. The molecular formula is C18H39NO2Sn. The molecule has 1 atom stereocenters. The van der Waals surface area contributed by atoms with E-state index >= 15 is 0 Å². The molecule has 0 spiro atoms. The monoisotopic (exact) mass is 421 g/mol. The molecule has 132 valence electrons. The van der Waals surface area contributed by atoms with Crippen molar-refractivity contribution in [3.63, 3.8) is 0 Å². The summed E-state index contributed by atoms with van der Waals surface area (Å²) in [6.07, 6.45) is 7.55. The number of unbranched alkanes of at least 4 members (excludes halogenated alkanes) is 3. The van der Waals surface area contributed by atoms with Crippen LogP contribution in [0.5, 0.6) is 0 Å². The molecule has 0 saturated carbocycles. The van der Waals surface area contributed by atoms with E-state index in [2.05, 4.69) is 39.9 Å². The summed E-state index contributed by atoms with van der Waals surface area (Å²) in [5, 5.41) is 3.27. The van der Waals surface area contributed by atoms with Gasteiger partial charge in [0.2, 0.25) is 0 Å². The Morgan fingerprint density at radius 2 is 1.36 bits per heavy atom. The molecule has 0 saturated heterocycles. The van der Waals surface area contributed by atoms with Crippen molar-refractivity contribution in [3.8, 4) is 0 Å². The van der Waals surface area contributed by atoms with Crippen LogP contribution in [-0.4, -0.2) is 35.6 Å². The fourth-order valence-electron chi connectivity index (χ4n) is 3.64. The van der Waals surface area contributed by atoms with Gasteiger partial charge in [0.15, 0.2) is 0 Å². The van der Waals surface area contributed by atoms with Crippen LogP contribution in [0.25, 0.3) is 0 Å². The summed E-state index contributed by atoms with van der Waals surface area (Å²) < 4.78 is 9.58. The van der Waals surface area contributed by atoms with Crippen molar-refractivity contribution in [1.29, 1.82) is 0 Å². The van der Waals surface area contributed by atoms with Gasteiger partial charge in [0.25, 0.3) is 0 Å². The van der Waals surface area contributed by atoms with Crippen molar-refractivity contribution in [2.24, 2.45) is 5.92 Å². The zero-order valence-electron chi connectivity index (χ0n) is 15.8. The molecule has 0 fully saturated rings. The topological polar surface area (TPSA) is 38.3 Å². The summed E-state index contributed by atoms with van der Waals surface area (Å²) >= 11 is -2.44. The van der Waals surface area contributed by atoms with Gasteiger partial charge < -0.3 is 0 Å². The second-order valence-corrected chi connectivity index (χ2v) is 20.9. The average molecular weight is 420 g/mol. The van der Waals surface area contributed by atoms with Crippen LogP contribution >= 0.6 is 0 Å². The summed E-state index contributed by atoms with van der Waals surface area (Å²) in [7, 11) is 1.48.